The van der Waals surface area contributed by atoms with Gasteiger partial charge in [0.1, 0.15) is 5.82 Å². The van der Waals surface area contributed by atoms with Gasteiger partial charge in [-0.3, -0.25) is 5.21 Å². The molecular formula is C12H11N4O2S-. The molecular weight excluding hydrogens is 264 g/mol. The minimum absolute atomic E-state index is 0.147. The Kier molecular flexibility index (Phi) is 4.24. The molecule has 0 aliphatic carbocycles. The quantitative estimate of drug-likeness (QED) is 0.586. The van der Waals surface area contributed by atoms with Crippen molar-refractivity contribution in [2.75, 3.05) is 15.9 Å². The summed E-state index contributed by atoms with van der Waals surface area (Å²) in [5, 5.41) is 25.4. The summed E-state index contributed by atoms with van der Waals surface area (Å²) in [5.74, 6) is 0.637. The number of benzene rings is 1. The van der Waals surface area contributed by atoms with Crippen molar-refractivity contribution in [3.8, 4) is 0 Å². The summed E-state index contributed by atoms with van der Waals surface area (Å²) in [4.78, 5) is 4.08. The van der Waals surface area contributed by atoms with E-state index in [1.807, 2.05) is 12.1 Å². The lowest BCUT2D eigenvalue weighted by Gasteiger charge is -2.21. The molecule has 0 saturated carbocycles. The lowest BCUT2D eigenvalue weighted by molar-refractivity contribution is 0.296. The van der Waals surface area contributed by atoms with Crippen molar-refractivity contribution >= 4 is 34.5 Å². The zero-order chi connectivity index (χ0) is 13.7. The van der Waals surface area contributed by atoms with Crippen LogP contribution in [0.5, 0.6) is 0 Å². The van der Waals surface area contributed by atoms with E-state index in [9.17, 15) is 5.21 Å². The van der Waals surface area contributed by atoms with E-state index in [2.05, 4.69) is 15.6 Å². The highest BCUT2D eigenvalue weighted by atomic mass is 32.1. The van der Waals surface area contributed by atoms with E-state index in [4.69, 9.17) is 17.4 Å². The Morgan fingerprint density at radius 2 is 1.89 bits per heavy atom. The van der Waals surface area contributed by atoms with E-state index in [0.29, 0.717) is 16.6 Å². The zero-order valence-corrected chi connectivity index (χ0v) is 10.6. The molecule has 3 N–H and O–H groups in total. The fourth-order valence-corrected chi connectivity index (χ4v) is 1.61. The van der Waals surface area contributed by atoms with Crippen LogP contribution in [0.2, 0.25) is 0 Å². The second-order valence-corrected chi connectivity index (χ2v) is 4.02. The van der Waals surface area contributed by atoms with Crippen LogP contribution in [0, 0.1) is 5.21 Å². The summed E-state index contributed by atoms with van der Waals surface area (Å²) in [6.07, 6.45) is 1.66. The first-order chi connectivity index (χ1) is 9.15. The third kappa shape index (κ3) is 3.88. The Balaban J connectivity index is 1.95. The van der Waals surface area contributed by atoms with Crippen molar-refractivity contribution in [1.82, 2.24) is 4.98 Å². The molecule has 2 aromatic rings. The van der Waals surface area contributed by atoms with Crippen LogP contribution in [-0.2, 0) is 0 Å². The molecule has 0 aliphatic rings. The van der Waals surface area contributed by atoms with Gasteiger partial charge in [0.05, 0.1) is 5.69 Å². The van der Waals surface area contributed by atoms with Gasteiger partial charge in [0.2, 0.25) is 0 Å². The second kappa shape index (κ2) is 6.10. The van der Waals surface area contributed by atoms with Gasteiger partial charge in [0, 0.05) is 11.9 Å². The molecule has 1 aromatic heterocycles. The molecule has 0 spiro atoms. The molecule has 0 amide bonds. The fourth-order valence-electron chi connectivity index (χ4n) is 1.39. The van der Waals surface area contributed by atoms with Gasteiger partial charge in [-0.15, -0.1) is 0 Å². The highest BCUT2D eigenvalue weighted by molar-refractivity contribution is 7.80. The van der Waals surface area contributed by atoms with Crippen LogP contribution in [0.1, 0.15) is 0 Å². The highest BCUT2D eigenvalue weighted by Gasteiger charge is 1.99. The van der Waals surface area contributed by atoms with Crippen LogP contribution in [-0.4, -0.2) is 15.3 Å². The Morgan fingerprint density at radius 3 is 2.47 bits per heavy atom. The third-order valence-electron chi connectivity index (χ3n) is 2.25. The van der Waals surface area contributed by atoms with Gasteiger partial charge in [-0.2, -0.15) is 0 Å². The van der Waals surface area contributed by atoms with Crippen LogP contribution in [0.25, 0.3) is 0 Å². The minimum Gasteiger partial charge on any atom is -0.733 e. The number of anilines is 3. The molecule has 0 saturated heterocycles. The van der Waals surface area contributed by atoms with E-state index >= 15 is 0 Å². The molecule has 1 heterocycles. The normalized spacial score (nSPS) is 9.79. The largest absolute Gasteiger partial charge is 0.733 e. The van der Waals surface area contributed by atoms with Crippen molar-refractivity contribution in [3.05, 3.63) is 53.9 Å². The van der Waals surface area contributed by atoms with Gasteiger partial charge in [-0.25, -0.2) is 4.98 Å². The first kappa shape index (κ1) is 13.2. The third-order valence-corrected chi connectivity index (χ3v) is 2.46. The van der Waals surface area contributed by atoms with Crippen LogP contribution >= 0.6 is 12.2 Å². The van der Waals surface area contributed by atoms with Gasteiger partial charge in [0.15, 0.2) is 5.11 Å². The molecule has 98 valence electrons. The molecule has 6 nitrogen and oxygen atoms in total. The van der Waals surface area contributed by atoms with Crippen LogP contribution in [0.3, 0.4) is 0 Å². The smallest absolute Gasteiger partial charge is 0.176 e. The summed E-state index contributed by atoms with van der Waals surface area (Å²) in [6.45, 7) is 0. The number of aromatic nitrogens is 1. The van der Waals surface area contributed by atoms with Gasteiger partial charge in [0.25, 0.3) is 0 Å². The number of rotatable bonds is 3. The lowest BCUT2D eigenvalue weighted by atomic mass is 10.3. The second-order valence-electron chi connectivity index (χ2n) is 3.61. The minimum atomic E-state index is -0.200. The monoisotopic (exact) mass is 275 g/mol. The van der Waals surface area contributed by atoms with Gasteiger partial charge in [-0.1, -0.05) is 6.07 Å². The maximum Gasteiger partial charge on any atom is 0.176 e. The Hall–Kier alpha value is -2.22. The Morgan fingerprint density at radius 1 is 1.16 bits per heavy atom. The predicted molar refractivity (Wildman–Crippen MR) is 78.2 cm³/mol. The average Bonchev–Trinajstić information content (AvgIpc) is 2.40. The lowest BCUT2D eigenvalue weighted by Crippen LogP contribution is -2.19. The first-order valence-corrected chi connectivity index (χ1v) is 5.81. The molecule has 19 heavy (non-hydrogen) atoms. The van der Waals surface area contributed by atoms with E-state index in [-0.39, 0.29) is 10.9 Å². The number of hydrogen-bond acceptors (Lipinski definition) is 5. The summed E-state index contributed by atoms with van der Waals surface area (Å²) in [5.41, 5.74) is 0.841. The topological polar surface area (TPSA) is 83.5 Å². The first-order valence-electron chi connectivity index (χ1n) is 5.40. The van der Waals surface area contributed by atoms with Crippen LogP contribution in [0.4, 0.5) is 17.2 Å². The molecule has 0 unspecified atom stereocenters. The van der Waals surface area contributed by atoms with Crippen LogP contribution < -0.4 is 15.9 Å². The Bertz CT molecular complexity index is 545. The van der Waals surface area contributed by atoms with E-state index in [0.717, 1.165) is 0 Å². The molecule has 0 atom stereocenters. The van der Waals surface area contributed by atoms with Gasteiger partial charge >= 0.3 is 0 Å². The molecule has 0 radical (unpaired) electrons. The summed E-state index contributed by atoms with van der Waals surface area (Å²) in [6, 6.07) is 11.6. The SMILES string of the molecule is [O-]N(O)c1ccc(NC(=S)Nc2ccccn2)cc1. The van der Waals surface area contributed by atoms with E-state index < -0.39 is 0 Å². The maximum atomic E-state index is 10.6. The summed E-state index contributed by atoms with van der Waals surface area (Å²) < 4.78 is 0. The molecule has 1 aromatic carbocycles. The van der Waals surface area contributed by atoms with Gasteiger partial charge in [-0.05, 0) is 48.6 Å². The fraction of sp³-hybridized carbons (Fsp3) is 0. The van der Waals surface area contributed by atoms with Crippen molar-refractivity contribution in [1.29, 1.82) is 0 Å². The molecule has 0 aliphatic heterocycles. The van der Waals surface area contributed by atoms with E-state index in [1.54, 1.807) is 24.4 Å². The Labute approximate surface area is 115 Å². The predicted octanol–water partition coefficient (Wildman–Crippen LogP) is 2.58. The van der Waals surface area contributed by atoms with Crippen molar-refractivity contribution in [2.45, 2.75) is 0 Å². The molecule has 0 fully saturated rings. The maximum absolute atomic E-state index is 10.6. The molecule has 0 bridgehead atoms. The van der Waals surface area contributed by atoms with Gasteiger partial charge < -0.3 is 21.1 Å². The number of thiocarbonyl (C=S) groups is 1. The molecule has 7 heteroatoms. The number of nitrogens with zero attached hydrogens (tertiary/aromatic N) is 2. The van der Waals surface area contributed by atoms with E-state index in [1.165, 1.54) is 12.1 Å². The summed E-state index contributed by atoms with van der Waals surface area (Å²) in [7, 11) is 0. The average molecular weight is 275 g/mol. The van der Waals surface area contributed by atoms with Crippen molar-refractivity contribution < 1.29 is 5.21 Å². The van der Waals surface area contributed by atoms with Crippen molar-refractivity contribution in [2.24, 2.45) is 0 Å². The number of hydrogen-bond donors (Lipinski definition) is 3. The summed E-state index contributed by atoms with van der Waals surface area (Å²) >= 11 is 5.12. The highest BCUT2D eigenvalue weighted by Crippen LogP contribution is 2.16. The zero-order valence-electron chi connectivity index (χ0n) is 9.78. The van der Waals surface area contributed by atoms with Crippen molar-refractivity contribution in [3.63, 3.8) is 0 Å². The number of nitrogens with one attached hydrogen (secondary N) is 2. The van der Waals surface area contributed by atoms with Crippen LogP contribution in [0.15, 0.2) is 48.7 Å². The standard InChI is InChI=1S/C12H11N4O2S/c17-16(18)10-6-4-9(5-7-10)14-12(19)15-11-3-1-2-8-13-11/h1-8,17H,(H2,13,14,15,19)/q-1. The molecule has 2 rings (SSSR count). The number of pyridine rings is 1.